The number of nitrogens with zero attached hydrogens (tertiary/aromatic N) is 2. The molecule has 3 fully saturated rings. The Bertz CT molecular complexity index is 761. The van der Waals surface area contributed by atoms with E-state index in [0.29, 0.717) is 25.1 Å². The van der Waals surface area contributed by atoms with Gasteiger partial charge in [-0.15, -0.1) is 0 Å². The molecule has 4 nitrogen and oxygen atoms in total. The van der Waals surface area contributed by atoms with Gasteiger partial charge in [0.05, 0.1) is 19.5 Å². The van der Waals surface area contributed by atoms with Crippen molar-refractivity contribution in [1.82, 2.24) is 9.80 Å². The van der Waals surface area contributed by atoms with Crippen LogP contribution in [0.4, 0.5) is 13.2 Å². The van der Waals surface area contributed by atoms with Crippen molar-refractivity contribution in [3.05, 3.63) is 35.6 Å². The predicted octanol–water partition coefficient (Wildman–Crippen LogP) is 2.86. The van der Waals surface area contributed by atoms with Crippen LogP contribution < -0.4 is 0 Å². The molecule has 1 saturated carbocycles. The molecule has 1 aliphatic carbocycles. The maximum absolute atomic E-state index is 13.3. The molecule has 0 radical (unpaired) electrons. The molecule has 7 heteroatoms. The average Bonchev–Trinajstić information content (AvgIpc) is 3.20. The van der Waals surface area contributed by atoms with E-state index >= 15 is 0 Å². The highest BCUT2D eigenvalue weighted by Crippen LogP contribution is 2.51. The zero-order chi connectivity index (χ0) is 19.2. The summed E-state index contributed by atoms with van der Waals surface area (Å²) in [7, 11) is 0. The van der Waals surface area contributed by atoms with Crippen molar-refractivity contribution in [3.8, 4) is 0 Å². The van der Waals surface area contributed by atoms with Crippen molar-refractivity contribution in [3.63, 3.8) is 0 Å². The van der Waals surface area contributed by atoms with Gasteiger partial charge in [-0.1, -0.05) is 18.6 Å². The highest BCUT2D eigenvalue weighted by molar-refractivity contribution is 5.82. The highest BCUT2D eigenvalue weighted by Gasteiger charge is 2.55. The third kappa shape index (κ3) is 3.44. The molecule has 4 rings (SSSR count). The van der Waals surface area contributed by atoms with Crippen molar-refractivity contribution < 1.29 is 22.8 Å². The van der Waals surface area contributed by atoms with Crippen LogP contribution in [0.2, 0.25) is 0 Å². The summed E-state index contributed by atoms with van der Waals surface area (Å²) in [5.41, 5.74) is 0.335. The van der Waals surface area contributed by atoms with Crippen molar-refractivity contribution in [2.75, 3.05) is 26.2 Å². The number of rotatable bonds is 3. The third-order valence-electron chi connectivity index (χ3n) is 6.34. The second-order valence-corrected chi connectivity index (χ2v) is 8.23. The van der Waals surface area contributed by atoms with Crippen molar-refractivity contribution in [2.45, 2.75) is 38.0 Å². The van der Waals surface area contributed by atoms with Crippen LogP contribution in [0.15, 0.2) is 24.3 Å². The van der Waals surface area contributed by atoms with E-state index in [4.69, 9.17) is 0 Å². The Morgan fingerprint density at radius 3 is 2.59 bits per heavy atom. The zero-order valence-corrected chi connectivity index (χ0v) is 15.1. The fraction of sp³-hybridized carbons (Fsp3) is 0.600. The second-order valence-electron chi connectivity index (χ2n) is 8.23. The zero-order valence-electron chi connectivity index (χ0n) is 15.1. The molecule has 2 saturated heterocycles. The summed E-state index contributed by atoms with van der Waals surface area (Å²) in [5.74, 6) is -3.67. The normalized spacial score (nSPS) is 29.2. The Morgan fingerprint density at radius 1 is 1.11 bits per heavy atom. The molecule has 2 unspecified atom stereocenters. The van der Waals surface area contributed by atoms with Crippen LogP contribution >= 0.6 is 0 Å². The minimum atomic E-state index is -2.76. The van der Waals surface area contributed by atoms with E-state index in [2.05, 4.69) is 0 Å². The maximum atomic E-state index is 13.3. The molecule has 1 aromatic carbocycles. The molecule has 27 heavy (non-hydrogen) atoms. The molecule has 3 aliphatic rings. The summed E-state index contributed by atoms with van der Waals surface area (Å²) in [6.45, 7) is 0.0805. The number of hydrogen-bond donors (Lipinski definition) is 0. The van der Waals surface area contributed by atoms with Crippen LogP contribution in [0.5, 0.6) is 0 Å². The quantitative estimate of drug-likeness (QED) is 0.809. The molecule has 2 amide bonds. The van der Waals surface area contributed by atoms with E-state index in [0.717, 1.165) is 19.3 Å². The Balaban J connectivity index is 1.41. The van der Waals surface area contributed by atoms with Gasteiger partial charge in [0, 0.05) is 24.4 Å². The minimum absolute atomic E-state index is 0.0777. The number of carbonyl (C=O) groups is 2. The van der Waals surface area contributed by atoms with Gasteiger partial charge in [0.15, 0.2) is 0 Å². The molecule has 146 valence electrons. The maximum Gasteiger partial charge on any atom is 0.282 e. The summed E-state index contributed by atoms with van der Waals surface area (Å²) in [4.78, 5) is 28.4. The van der Waals surface area contributed by atoms with E-state index < -0.39 is 19.0 Å². The smallest absolute Gasteiger partial charge is 0.282 e. The van der Waals surface area contributed by atoms with Crippen molar-refractivity contribution in [2.24, 2.45) is 11.3 Å². The first-order valence-electron chi connectivity index (χ1n) is 9.47. The lowest BCUT2D eigenvalue weighted by molar-refractivity contribution is -0.172. The largest absolute Gasteiger partial charge is 0.342 e. The van der Waals surface area contributed by atoms with Gasteiger partial charge in [-0.25, -0.2) is 13.2 Å². The summed E-state index contributed by atoms with van der Waals surface area (Å²) in [6, 6.07) is 6.00. The predicted molar refractivity (Wildman–Crippen MR) is 92.6 cm³/mol. The third-order valence-corrected chi connectivity index (χ3v) is 6.34. The highest BCUT2D eigenvalue weighted by atomic mass is 19.3. The van der Waals surface area contributed by atoms with E-state index in [1.807, 2.05) is 0 Å². The monoisotopic (exact) mass is 380 g/mol. The van der Waals surface area contributed by atoms with Crippen molar-refractivity contribution in [1.29, 1.82) is 0 Å². The standard InChI is InChI=1S/C20H23F3N2O2/c21-15-4-1-3-14(9-15)10-17(26)24-8-7-19(11-24)6-2-5-16(19)18(27)25-12-20(22,23)13-25/h1,3-4,9,16H,2,5-8,10-13H2. The van der Waals surface area contributed by atoms with Gasteiger partial charge in [0.2, 0.25) is 11.8 Å². The number of halogens is 3. The van der Waals surface area contributed by atoms with E-state index in [-0.39, 0.29) is 35.4 Å². The second kappa shape index (κ2) is 6.53. The Labute approximate surface area is 156 Å². The number of benzene rings is 1. The SMILES string of the molecule is O=C(Cc1cccc(F)c1)N1CCC2(CCCC2C(=O)N2CC(F)(F)C2)C1. The van der Waals surface area contributed by atoms with Crippen LogP contribution in [-0.2, 0) is 16.0 Å². The van der Waals surface area contributed by atoms with Crippen molar-refractivity contribution >= 4 is 11.8 Å². The lowest BCUT2D eigenvalue weighted by Crippen LogP contribution is -2.60. The van der Waals surface area contributed by atoms with Crippen LogP contribution in [0.25, 0.3) is 0 Å². The van der Waals surface area contributed by atoms with E-state index in [1.165, 1.54) is 17.0 Å². The van der Waals surface area contributed by atoms with Crippen LogP contribution in [0, 0.1) is 17.2 Å². The fourth-order valence-corrected chi connectivity index (χ4v) is 4.94. The number of amides is 2. The van der Waals surface area contributed by atoms with Gasteiger partial charge >= 0.3 is 0 Å². The van der Waals surface area contributed by atoms with Gasteiger partial charge in [-0.2, -0.15) is 0 Å². The molecule has 0 aromatic heterocycles. The van der Waals surface area contributed by atoms with Crippen LogP contribution in [-0.4, -0.2) is 53.7 Å². The molecule has 1 spiro atoms. The minimum Gasteiger partial charge on any atom is -0.342 e. The molecule has 0 bridgehead atoms. The lowest BCUT2D eigenvalue weighted by Gasteiger charge is -2.42. The Hall–Kier alpha value is -2.05. The van der Waals surface area contributed by atoms with Gasteiger partial charge in [-0.05, 0) is 37.0 Å². The first kappa shape index (κ1) is 18.3. The van der Waals surface area contributed by atoms with Gasteiger partial charge < -0.3 is 9.80 Å². The summed E-state index contributed by atoms with van der Waals surface area (Å²) in [5, 5.41) is 0. The first-order chi connectivity index (χ1) is 12.8. The van der Waals surface area contributed by atoms with Gasteiger partial charge in [0.25, 0.3) is 5.92 Å². The number of hydrogen-bond acceptors (Lipinski definition) is 2. The summed E-state index contributed by atoms with van der Waals surface area (Å²) in [6.07, 6.45) is 3.28. The molecular weight excluding hydrogens is 357 g/mol. The molecule has 2 aliphatic heterocycles. The topological polar surface area (TPSA) is 40.6 Å². The average molecular weight is 380 g/mol. The van der Waals surface area contributed by atoms with Gasteiger partial charge in [-0.3, -0.25) is 9.59 Å². The number of likely N-dealkylation sites (tertiary alicyclic amines) is 2. The van der Waals surface area contributed by atoms with Crippen LogP contribution in [0.1, 0.15) is 31.2 Å². The number of carbonyl (C=O) groups excluding carboxylic acids is 2. The van der Waals surface area contributed by atoms with E-state index in [1.54, 1.807) is 17.0 Å². The molecule has 2 heterocycles. The Kier molecular flexibility index (Phi) is 4.43. The summed E-state index contributed by atoms with van der Waals surface area (Å²) >= 11 is 0. The van der Waals surface area contributed by atoms with E-state index in [9.17, 15) is 22.8 Å². The fourth-order valence-electron chi connectivity index (χ4n) is 4.94. The molecule has 2 atom stereocenters. The number of alkyl halides is 2. The summed E-state index contributed by atoms with van der Waals surface area (Å²) < 4.78 is 39.6. The lowest BCUT2D eigenvalue weighted by atomic mass is 9.76. The van der Waals surface area contributed by atoms with Gasteiger partial charge in [0.1, 0.15) is 5.82 Å². The molecule has 1 aromatic rings. The molecular formula is C20H23F3N2O2. The first-order valence-corrected chi connectivity index (χ1v) is 9.47. The Morgan fingerprint density at radius 2 is 1.89 bits per heavy atom. The van der Waals surface area contributed by atoms with Crippen LogP contribution in [0.3, 0.4) is 0 Å². The molecule has 0 N–H and O–H groups in total.